The van der Waals surface area contributed by atoms with Gasteiger partial charge in [0.15, 0.2) is 0 Å². The molecule has 0 rings (SSSR count). The summed E-state index contributed by atoms with van der Waals surface area (Å²) in [6.07, 6.45) is 18.8. The van der Waals surface area contributed by atoms with Crippen molar-refractivity contribution < 1.29 is 0 Å². The lowest BCUT2D eigenvalue weighted by Crippen LogP contribution is -1.81. The molecule has 0 aromatic carbocycles. The van der Waals surface area contributed by atoms with E-state index in [1.807, 2.05) is 0 Å². The Hall–Kier alpha value is 0.860. The molecule has 0 aliphatic rings. The Labute approximate surface area is 114 Å². The second-order valence-electron chi connectivity index (χ2n) is 4.91. The molecule has 0 atom stereocenters. The van der Waals surface area contributed by atoms with E-state index in [0.29, 0.717) is 0 Å². The molecule has 0 aromatic heterocycles. The summed E-state index contributed by atoms with van der Waals surface area (Å²) in [7, 11) is 3.37. The SMILES string of the molecule is CCCCCCCCCC[P][P]CCCCC. The van der Waals surface area contributed by atoms with Crippen molar-refractivity contribution in [2.75, 3.05) is 12.3 Å². The van der Waals surface area contributed by atoms with E-state index in [4.69, 9.17) is 0 Å². The standard InChI is InChI=1S/C15H32P2/c1-3-5-7-8-9-10-11-13-15-17-16-14-12-6-4-2/h3-15H2,1-2H3. The van der Waals surface area contributed by atoms with E-state index < -0.39 is 0 Å². The summed E-state index contributed by atoms with van der Waals surface area (Å²) in [6.45, 7) is 4.58. The number of rotatable bonds is 14. The second kappa shape index (κ2) is 16.9. The maximum atomic E-state index is 2.29. The molecule has 2 heteroatoms. The summed E-state index contributed by atoms with van der Waals surface area (Å²) in [5.41, 5.74) is 0. The first-order valence-corrected chi connectivity index (χ1v) is 10.6. The molecule has 0 unspecified atom stereocenters. The van der Waals surface area contributed by atoms with Gasteiger partial charge in [-0.25, -0.2) is 0 Å². The van der Waals surface area contributed by atoms with Crippen molar-refractivity contribution >= 4 is 16.5 Å². The molecule has 0 aliphatic heterocycles. The molecule has 102 valence electrons. The van der Waals surface area contributed by atoms with Crippen LogP contribution in [0.25, 0.3) is 0 Å². The molecule has 0 N–H and O–H groups in total. The Kier molecular flexibility index (Phi) is 17.7. The molecule has 0 saturated carbocycles. The van der Waals surface area contributed by atoms with Gasteiger partial charge in [-0.2, -0.15) is 0 Å². The van der Waals surface area contributed by atoms with Crippen LogP contribution in [0.2, 0.25) is 0 Å². The normalized spacial score (nSPS) is 12.4. The van der Waals surface area contributed by atoms with Crippen LogP contribution in [0.5, 0.6) is 0 Å². The predicted octanol–water partition coefficient (Wildman–Crippen LogP) is 7.12. The highest BCUT2D eigenvalue weighted by Crippen LogP contribution is 2.38. The van der Waals surface area contributed by atoms with Gasteiger partial charge in [0.1, 0.15) is 0 Å². The van der Waals surface area contributed by atoms with E-state index in [9.17, 15) is 0 Å². The predicted molar refractivity (Wildman–Crippen MR) is 85.7 cm³/mol. The largest absolute Gasteiger partial charge is 0.0654 e. The molecular formula is C15H32P2. The summed E-state index contributed by atoms with van der Waals surface area (Å²) < 4.78 is 0. The second-order valence-corrected chi connectivity index (χ2v) is 8.07. The first kappa shape index (κ1) is 17.9. The molecule has 2 radical (unpaired) electrons. The lowest BCUT2D eigenvalue weighted by Gasteiger charge is -2.02. The smallest absolute Gasteiger partial charge is 0.0242 e. The van der Waals surface area contributed by atoms with Crippen LogP contribution in [0, 0.1) is 0 Å². The lowest BCUT2D eigenvalue weighted by atomic mass is 10.1. The molecule has 0 aromatic rings. The van der Waals surface area contributed by atoms with Crippen LogP contribution >= 0.6 is 16.5 Å². The average Bonchev–Trinajstić information content (AvgIpc) is 2.35. The Bertz CT molecular complexity index is 112. The minimum absolute atomic E-state index is 1.37. The van der Waals surface area contributed by atoms with Crippen LogP contribution in [0.1, 0.15) is 84.5 Å². The highest BCUT2D eigenvalue weighted by Gasteiger charge is 1.94. The van der Waals surface area contributed by atoms with Gasteiger partial charge in [0, 0.05) is 0 Å². The van der Waals surface area contributed by atoms with Crippen molar-refractivity contribution in [3.8, 4) is 0 Å². The molecule has 0 bridgehead atoms. The third kappa shape index (κ3) is 16.9. The van der Waals surface area contributed by atoms with Crippen LogP contribution < -0.4 is 0 Å². The Balaban J connectivity index is 2.85. The maximum Gasteiger partial charge on any atom is -0.0242 e. The minimum Gasteiger partial charge on any atom is -0.0654 e. The zero-order valence-electron chi connectivity index (χ0n) is 12.1. The third-order valence-electron chi connectivity index (χ3n) is 3.07. The van der Waals surface area contributed by atoms with Gasteiger partial charge in [-0.15, -0.1) is 0 Å². The van der Waals surface area contributed by atoms with E-state index in [1.165, 1.54) is 83.0 Å². The summed E-state index contributed by atoms with van der Waals surface area (Å²) in [6, 6.07) is 0. The Morgan fingerprint density at radius 2 is 0.824 bits per heavy atom. The minimum atomic E-state index is 1.37. The zero-order valence-corrected chi connectivity index (χ0v) is 13.9. The molecule has 0 heterocycles. The number of hydrogen-bond donors (Lipinski definition) is 0. The van der Waals surface area contributed by atoms with E-state index in [-0.39, 0.29) is 0 Å². The van der Waals surface area contributed by atoms with E-state index >= 15 is 0 Å². The lowest BCUT2D eigenvalue weighted by molar-refractivity contribution is 0.586. The summed E-state index contributed by atoms with van der Waals surface area (Å²) in [4.78, 5) is 0. The zero-order chi connectivity index (χ0) is 12.6. The molecule has 0 spiro atoms. The fourth-order valence-electron chi connectivity index (χ4n) is 1.89. The topological polar surface area (TPSA) is 0 Å². The van der Waals surface area contributed by atoms with Gasteiger partial charge in [0.25, 0.3) is 0 Å². The number of hydrogen-bond acceptors (Lipinski definition) is 0. The summed E-state index contributed by atoms with van der Waals surface area (Å²) in [5, 5.41) is 0. The highest BCUT2D eigenvalue weighted by molar-refractivity contribution is 8.11. The van der Waals surface area contributed by atoms with Crippen LogP contribution in [0.3, 0.4) is 0 Å². The average molecular weight is 274 g/mol. The van der Waals surface area contributed by atoms with Gasteiger partial charge >= 0.3 is 0 Å². The summed E-state index contributed by atoms with van der Waals surface area (Å²) in [5.74, 6) is 0. The van der Waals surface area contributed by atoms with Crippen LogP contribution in [-0.2, 0) is 0 Å². The van der Waals surface area contributed by atoms with Gasteiger partial charge in [-0.1, -0.05) is 71.6 Å². The van der Waals surface area contributed by atoms with Crippen molar-refractivity contribution in [3.05, 3.63) is 0 Å². The molecular weight excluding hydrogens is 242 g/mol. The van der Waals surface area contributed by atoms with Crippen molar-refractivity contribution in [1.82, 2.24) is 0 Å². The van der Waals surface area contributed by atoms with Gasteiger partial charge in [-0.05, 0) is 41.7 Å². The molecule has 17 heavy (non-hydrogen) atoms. The molecule has 0 fully saturated rings. The van der Waals surface area contributed by atoms with E-state index in [1.54, 1.807) is 16.5 Å². The molecule has 0 saturated heterocycles. The Morgan fingerprint density at radius 3 is 1.35 bits per heavy atom. The molecule has 0 nitrogen and oxygen atoms in total. The number of unbranched alkanes of at least 4 members (excludes halogenated alkanes) is 9. The van der Waals surface area contributed by atoms with Gasteiger partial charge < -0.3 is 0 Å². The van der Waals surface area contributed by atoms with E-state index in [2.05, 4.69) is 13.8 Å². The van der Waals surface area contributed by atoms with Crippen molar-refractivity contribution in [3.63, 3.8) is 0 Å². The monoisotopic (exact) mass is 274 g/mol. The Morgan fingerprint density at radius 1 is 0.471 bits per heavy atom. The maximum absolute atomic E-state index is 2.29. The fraction of sp³-hybridized carbons (Fsp3) is 1.00. The van der Waals surface area contributed by atoms with Crippen LogP contribution in [-0.4, -0.2) is 12.3 Å². The first-order valence-electron chi connectivity index (χ1n) is 7.75. The third-order valence-corrected chi connectivity index (χ3v) is 6.11. The van der Waals surface area contributed by atoms with Gasteiger partial charge in [0.05, 0.1) is 0 Å². The molecule has 0 aliphatic carbocycles. The van der Waals surface area contributed by atoms with E-state index in [0.717, 1.165) is 0 Å². The van der Waals surface area contributed by atoms with Crippen molar-refractivity contribution in [1.29, 1.82) is 0 Å². The summed E-state index contributed by atoms with van der Waals surface area (Å²) >= 11 is 0. The van der Waals surface area contributed by atoms with Gasteiger partial charge in [-0.3, -0.25) is 0 Å². The quantitative estimate of drug-likeness (QED) is 0.233. The van der Waals surface area contributed by atoms with Crippen LogP contribution in [0.4, 0.5) is 0 Å². The van der Waals surface area contributed by atoms with Gasteiger partial charge in [0.2, 0.25) is 0 Å². The molecule has 0 amide bonds. The van der Waals surface area contributed by atoms with Crippen molar-refractivity contribution in [2.24, 2.45) is 0 Å². The van der Waals surface area contributed by atoms with Crippen LogP contribution in [0.15, 0.2) is 0 Å². The highest BCUT2D eigenvalue weighted by atomic mass is 32.0. The van der Waals surface area contributed by atoms with Crippen molar-refractivity contribution in [2.45, 2.75) is 84.5 Å². The first-order chi connectivity index (χ1) is 8.41. The fourth-order valence-corrected chi connectivity index (χ4v) is 4.60.